The zero-order valence-corrected chi connectivity index (χ0v) is 18.8. The molecule has 10 heteroatoms. The van der Waals surface area contributed by atoms with E-state index < -0.39 is 34.7 Å². The predicted octanol–water partition coefficient (Wildman–Crippen LogP) is 5.54. The number of thioether (sulfide) groups is 1. The Hall–Kier alpha value is -3.01. The van der Waals surface area contributed by atoms with E-state index in [1.165, 1.54) is 12.1 Å². The third kappa shape index (κ3) is 5.42. The summed E-state index contributed by atoms with van der Waals surface area (Å²) in [5.41, 5.74) is -0.109. The van der Waals surface area contributed by atoms with Gasteiger partial charge < -0.3 is 14.6 Å². The molecule has 0 spiro atoms. The largest absolute Gasteiger partial charge is 0.480 e. The highest BCUT2D eigenvalue weighted by Gasteiger charge is 2.25. The monoisotopic (exact) mass is 464 g/mol. The average molecular weight is 465 g/mol. The molecule has 2 aromatic carbocycles. The molecule has 2 unspecified atom stereocenters. The number of carbonyl (C=O) groups is 1. The standard InChI is InChI=1S/C22H23F3N4O2S/c1-12(2)29-20(13(3)31-19-8-6-5-7-16(19)24)27-28-22(29)32-14(4)21(30)26-18-10-9-15(23)11-17(18)25/h5-14H,1-4H3,(H,26,30). The summed E-state index contributed by atoms with van der Waals surface area (Å²) in [5, 5.41) is 10.6. The summed E-state index contributed by atoms with van der Waals surface area (Å²) < 4.78 is 48.4. The van der Waals surface area contributed by atoms with Crippen molar-refractivity contribution in [1.82, 2.24) is 14.8 Å². The minimum absolute atomic E-state index is 0.0704. The first-order chi connectivity index (χ1) is 15.2. The summed E-state index contributed by atoms with van der Waals surface area (Å²) in [7, 11) is 0. The third-order valence-electron chi connectivity index (χ3n) is 4.55. The Morgan fingerprint density at radius 3 is 2.41 bits per heavy atom. The maximum Gasteiger partial charge on any atom is 0.237 e. The second kappa shape index (κ2) is 10.1. The van der Waals surface area contributed by atoms with Crippen LogP contribution >= 0.6 is 11.8 Å². The van der Waals surface area contributed by atoms with Crippen molar-refractivity contribution in [2.24, 2.45) is 0 Å². The lowest BCUT2D eigenvalue weighted by atomic mass is 10.3. The number of amides is 1. The molecular formula is C22H23F3N4O2S. The van der Waals surface area contributed by atoms with Crippen LogP contribution in [0.2, 0.25) is 0 Å². The highest BCUT2D eigenvalue weighted by Crippen LogP contribution is 2.30. The Labute approximate surface area is 188 Å². The van der Waals surface area contributed by atoms with E-state index in [9.17, 15) is 18.0 Å². The number of nitrogens with zero attached hydrogens (tertiary/aromatic N) is 3. The molecule has 0 fully saturated rings. The molecule has 170 valence electrons. The van der Waals surface area contributed by atoms with E-state index in [0.29, 0.717) is 17.0 Å². The summed E-state index contributed by atoms with van der Waals surface area (Å²) >= 11 is 1.13. The van der Waals surface area contributed by atoms with Gasteiger partial charge in [-0.2, -0.15) is 0 Å². The molecule has 1 amide bonds. The van der Waals surface area contributed by atoms with Gasteiger partial charge in [0.1, 0.15) is 11.6 Å². The van der Waals surface area contributed by atoms with E-state index in [1.807, 2.05) is 13.8 Å². The Morgan fingerprint density at radius 2 is 1.75 bits per heavy atom. The van der Waals surface area contributed by atoms with Crippen molar-refractivity contribution >= 4 is 23.4 Å². The van der Waals surface area contributed by atoms with Crippen molar-refractivity contribution in [3.05, 3.63) is 65.7 Å². The first-order valence-corrected chi connectivity index (χ1v) is 10.8. The zero-order chi connectivity index (χ0) is 23.4. The zero-order valence-electron chi connectivity index (χ0n) is 18.0. The van der Waals surface area contributed by atoms with E-state index in [0.717, 1.165) is 23.9 Å². The second-order valence-corrected chi connectivity index (χ2v) is 8.68. The Bertz CT molecular complexity index is 1110. The smallest absolute Gasteiger partial charge is 0.237 e. The Kier molecular flexibility index (Phi) is 7.44. The molecule has 0 aliphatic heterocycles. The van der Waals surface area contributed by atoms with Crippen molar-refractivity contribution in [3.63, 3.8) is 0 Å². The van der Waals surface area contributed by atoms with Crippen LogP contribution < -0.4 is 10.1 Å². The van der Waals surface area contributed by atoms with Gasteiger partial charge in [0, 0.05) is 12.1 Å². The van der Waals surface area contributed by atoms with E-state index in [2.05, 4.69) is 15.5 Å². The van der Waals surface area contributed by atoms with Crippen LogP contribution in [0.3, 0.4) is 0 Å². The molecule has 2 atom stereocenters. The number of hydrogen-bond donors (Lipinski definition) is 1. The highest BCUT2D eigenvalue weighted by atomic mass is 32.2. The van der Waals surface area contributed by atoms with E-state index in [-0.39, 0.29) is 17.5 Å². The number of anilines is 1. The molecule has 6 nitrogen and oxygen atoms in total. The van der Waals surface area contributed by atoms with Gasteiger partial charge in [-0.3, -0.25) is 4.79 Å². The van der Waals surface area contributed by atoms with Gasteiger partial charge in [-0.25, -0.2) is 13.2 Å². The van der Waals surface area contributed by atoms with E-state index in [4.69, 9.17) is 4.74 Å². The lowest BCUT2D eigenvalue weighted by Crippen LogP contribution is -2.24. The van der Waals surface area contributed by atoms with E-state index in [1.54, 1.807) is 30.5 Å². The van der Waals surface area contributed by atoms with Crippen LogP contribution in [0.15, 0.2) is 47.6 Å². The van der Waals surface area contributed by atoms with Crippen molar-refractivity contribution in [2.45, 2.75) is 50.2 Å². The fourth-order valence-electron chi connectivity index (χ4n) is 2.95. The molecule has 3 aromatic rings. The van der Waals surface area contributed by atoms with Gasteiger partial charge in [-0.05, 0) is 52.0 Å². The summed E-state index contributed by atoms with van der Waals surface area (Å²) in [5.74, 6) is -1.97. The molecule has 0 aliphatic carbocycles. The number of rotatable bonds is 8. The topological polar surface area (TPSA) is 69.0 Å². The number of halogens is 3. The second-order valence-electron chi connectivity index (χ2n) is 7.37. The number of nitrogens with one attached hydrogen (secondary N) is 1. The van der Waals surface area contributed by atoms with Gasteiger partial charge in [-0.15, -0.1) is 10.2 Å². The van der Waals surface area contributed by atoms with Crippen LogP contribution in [0.25, 0.3) is 0 Å². The molecule has 0 saturated heterocycles. The van der Waals surface area contributed by atoms with Crippen molar-refractivity contribution in [1.29, 1.82) is 0 Å². The molecule has 0 aliphatic rings. The molecule has 1 aromatic heterocycles. The van der Waals surface area contributed by atoms with Crippen LogP contribution in [-0.2, 0) is 4.79 Å². The van der Waals surface area contributed by atoms with Gasteiger partial charge >= 0.3 is 0 Å². The molecule has 1 heterocycles. The van der Waals surface area contributed by atoms with Crippen molar-refractivity contribution in [3.8, 4) is 5.75 Å². The van der Waals surface area contributed by atoms with Gasteiger partial charge in [0.05, 0.1) is 10.9 Å². The minimum atomic E-state index is -0.859. The number of ether oxygens (including phenoxy) is 1. The lowest BCUT2D eigenvalue weighted by Gasteiger charge is -2.20. The van der Waals surface area contributed by atoms with Gasteiger partial charge in [0.2, 0.25) is 5.91 Å². The number of para-hydroxylation sites is 1. The number of aromatic nitrogens is 3. The number of benzene rings is 2. The lowest BCUT2D eigenvalue weighted by molar-refractivity contribution is -0.115. The fraction of sp³-hybridized carbons (Fsp3) is 0.318. The van der Waals surface area contributed by atoms with Gasteiger partial charge in [-0.1, -0.05) is 23.9 Å². The molecule has 0 radical (unpaired) electrons. The Morgan fingerprint density at radius 1 is 1.03 bits per heavy atom. The molecule has 3 rings (SSSR count). The van der Waals surface area contributed by atoms with Gasteiger partial charge in [0.15, 0.2) is 28.7 Å². The van der Waals surface area contributed by atoms with Crippen molar-refractivity contribution in [2.75, 3.05) is 5.32 Å². The SMILES string of the molecule is CC(Sc1nnc(C(C)Oc2ccccc2F)n1C(C)C)C(=O)Nc1ccc(F)cc1F. The normalized spacial score (nSPS) is 13.1. The maximum atomic E-state index is 14.0. The molecule has 32 heavy (non-hydrogen) atoms. The fourth-order valence-corrected chi connectivity index (χ4v) is 3.94. The summed E-state index contributed by atoms with van der Waals surface area (Å²) in [6.45, 7) is 7.22. The highest BCUT2D eigenvalue weighted by molar-refractivity contribution is 8.00. The van der Waals surface area contributed by atoms with Crippen LogP contribution in [0.4, 0.5) is 18.9 Å². The average Bonchev–Trinajstić information content (AvgIpc) is 3.15. The van der Waals surface area contributed by atoms with Crippen LogP contribution in [0.5, 0.6) is 5.75 Å². The first kappa shape index (κ1) is 23.6. The molecule has 0 saturated carbocycles. The summed E-state index contributed by atoms with van der Waals surface area (Å²) in [6, 6.07) is 8.93. The predicted molar refractivity (Wildman–Crippen MR) is 116 cm³/mol. The number of hydrogen-bond acceptors (Lipinski definition) is 5. The summed E-state index contributed by atoms with van der Waals surface area (Å²) in [6.07, 6.45) is -0.603. The first-order valence-electron chi connectivity index (χ1n) is 9.96. The number of carbonyl (C=O) groups excluding carboxylic acids is 1. The van der Waals surface area contributed by atoms with Gasteiger partial charge in [0.25, 0.3) is 0 Å². The third-order valence-corrected chi connectivity index (χ3v) is 5.61. The maximum absolute atomic E-state index is 14.0. The van der Waals surface area contributed by atoms with E-state index >= 15 is 0 Å². The molecular weight excluding hydrogens is 441 g/mol. The Balaban J connectivity index is 1.75. The molecule has 1 N–H and O–H groups in total. The quantitative estimate of drug-likeness (QED) is 0.444. The van der Waals surface area contributed by atoms with Crippen LogP contribution in [0, 0.1) is 17.5 Å². The molecule has 0 bridgehead atoms. The summed E-state index contributed by atoms with van der Waals surface area (Å²) in [4.78, 5) is 12.5. The van der Waals surface area contributed by atoms with Crippen molar-refractivity contribution < 1.29 is 22.7 Å². The van der Waals surface area contributed by atoms with Crippen LogP contribution in [-0.4, -0.2) is 25.9 Å². The van der Waals surface area contributed by atoms with Crippen LogP contribution in [0.1, 0.15) is 45.7 Å². The minimum Gasteiger partial charge on any atom is -0.480 e.